The highest BCUT2D eigenvalue weighted by Crippen LogP contribution is 2.19. The number of hydrogen-bond donors (Lipinski definition) is 0. The number of ketones is 1. The van der Waals surface area contributed by atoms with E-state index in [4.69, 9.17) is 12.2 Å². The molecule has 0 aliphatic carbocycles. The molecule has 122 valence electrons. The molecule has 0 saturated carbocycles. The van der Waals surface area contributed by atoms with Crippen molar-refractivity contribution in [3.8, 4) is 0 Å². The van der Waals surface area contributed by atoms with Gasteiger partial charge in [0.15, 0.2) is 5.78 Å². The van der Waals surface area contributed by atoms with Crippen molar-refractivity contribution in [3.63, 3.8) is 0 Å². The summed E-state index contributed by atoms with van der Waals surface area (Å²) in [6, 6.07) is 14.9. The van der Waals surface area contributed by atoms with E-state index in [2.05, 4.69) is 0 Å². The molecule has 0 fully saturated rings. The molecule has 0 amide bonds. The molecule has 0 aromatic heterocycles. The molecule has 5 nitrogen and oxygen atoms in total. The van der Waals surface area contributed by atoms with E-state index in [1.54, 1.807) is 11.1 Å². The van der Waals surface area contributed by atoms with Crippen LogP contribution in [0.4, 0.5) is 11.4 Å². The lowest BCUT2D eigenvalue weighted by atomic mass is 10.1. The van der Waals surface area contributed by atoms with E-state index in [1.807, 2.05) is 36.6 Å². The molecule has 0 bridgehead atoms. The van der Waals surface area contributed by atoms with Crippen LogP contribution in [0.3, 0.4) is 0 Å². The van der Waals surface area contributed by atoms with Gasteiger partial charge in [-0.25, -0.2) is 0 Å². The summed E-state index contributed by atoms with van der Waals surface area (Å²) in [7, 11) is 0. The number of thioether (sulfide) groups is 1. The fourth-order valence-corrected chi connectivity index (χ4v) is 2.45. The van der Waals surface area contributed by atoms with Gasteiger partial charge < -0.3 is 4.90 Å². The van der Waals surface area contributed by atoms with Gasteiger partial charge in [0.1, 0.15) is 4.32 Å². The van der Waals surface area contributed by atoms with Crippen molar-refractivity contribution in [2.45, 2.75) is 0 Å². The van der Waals surface area contributed by atoms with E-state index >= 15 is 0 Å². The SMILES string of the molecule is CSC(=S)N(/C=C/C(=O)c1ccc([N+](=O)[O-])cc1)c1ccccc1. The van der Waals surface area contributed by atoms with Gasteiger partial charge in [0, 0.05) is 35.7 Å². The number of carbonyl (C=O) groups is 1. The third-order valence-electron chi connectivity index (χ3n) is 3.14. The molecule has 0 N–H and O–H groups in total. The Morgan fingerprint density at radius 1 is 1.17 bits per heavy atom. The minimum absolute atomic E-state index is 0.0509. The molecule has 0 aliphatic rings. The average Bonchev–Trinajstić information content (AvgIpc) is 2.62. The van der Waals surface area contributed by atoms with Crippen LogP contribution in [0.5, 0.6) is 0 Å². The second-order valence-corrected chi connectivity index (χ2v) is 6.10. The molecule has 0 spiro atoms. The second-order valence-electron chi connectivity index (χ2n) is 4.66. The van der Waals surface area contributed by atoms with Crippen LogP contribution in [0, 0.1) is 10.1 Å². The summed E-state index contributed by atoms with van der Waals surface area (Å²) in [6.45, 7) is 0. The maximum atomic E-state index is 12.2. The Labute approximate surface area is 149 Å². The Bertz CT molecular complexity index is 774. The minimum Gasteiger partial charge on any atom is -0.303 e. The van der Waals surface area contributed by atoms with Gasteiger partial charge >= 0.3 is 0 Å². The topological polar surface area (TPSA) is 63.5 Å². The van der Waals surface area contributed by atoms with Crippen LogP contribution in [-0.2, 0) is 0 Å². The highest BCUT2D eigenvalue weighted by Gasteiger charge is 2.10. The molecule has 7 heteroatoms. The Hall–Kier alpha value is -2.51. The highest BCUT2D eigenvalue weighted by molar-refractivity contribution is 8.22. The van der Waals surface area contributed by atoms with Crippen LogP contribution in [0.2, 0.25) is 0 Å². The number of benzene rings is 2. The summed E-state index contributed by atoms with van der Waals surface area (Å²) in [5.74, 6) is -0.255. The predicted octanol–water partition coefficient (Wildman–Crippen LogP) is 4.45. The summed E-state index contributed by atoms with van der Waals surface area (Å²) < 4.78 is 0.606. The van der Waals surface area contributed by atoms with E-state index in [0.717, 1.165) is 5.69 Å². The predicted molar refractivity (Wildman–Crippen MR) is 102 cm³/mol. The summed E-state index contributed by atoms with van der Waals surface area (Å²) in [5.41, 5.74) is 1.18. The van der Waals surface area contributed by atoms with Crippen molar-refractivity contribution in [3.05, 3.63) is 82.6 Å². The van der Waals surface area contributed by atoms with E-state index in [0.29, 0.717) is 9.88 Å². The zero-order valence-corrected chi connectivity index (χ0v) is 14.4. The Balaban J connectivity index is 2.20. The van der Waals surface area contributed by atoms with Crippen molar-refractivity contribution in [1.29, 1.82) is 0 Å². The van der Waals surface area contributed by atoms with Gasteiger partial charge in [-0.1, -0.05) is 42.2 Å². The van der Waals surface area contributed by atoms with Crippen molar-refractivity contribution in [1.82, 2.24) is 0 Å². The maximum absolute atomic E-state index is 12.2. The van der Waals surface area contributed by atoms with E-state index in [1.165, 1.54) is 42.1 Å². The van der Waals surface area contributed by atoms with Crippen molar-refractivity contribution < 1.29 is 9.72 Å². The number of hydrogen-bond acceptors (Lipinski definition) is 5. The largest absolute Gasteiger partial charge is 0.303 e. The van der Waals surface area contributed by atoms with Gasteiger partial charge in [-0.15, -0.1) is 0 Å². The van der Waals surface area contributed by atoms with Crippen LogP contribution in [0.25, 0.3) is 0 Å². The first kappa shape index (κ1) is 17.8. The fourth-order valence-electron chi connectivity index (χ4n) is 1.93. The summed E-state index contributed by atoms with van der Waals surface area (Å²) in [4.78, 5) is 24.1. The lowest BCUT2D eigenvalue weighted by molar-refractivity contribution is -0.384. The number of para-hydroxylation sites is 1. The smallest absolute Gasteiger partial charge is 0.269 e. The molecular formula is C17H14N2O3S2. The van der Waals surface area contributed by atoms with E-state index < -0.39 is 4.92 Å². The minimum atomic E-state index is -0.502. The number of nitro benzene ring substituents is 1. The summed E-state index contributed by atoms with van der Waals surface area (Å²) >= 11 is 6.72. The Morgan fingerprint density at radius 2 is 1.79 bits per heavy atom. The molecule has 0 radical (unpaired) electrons. The number of nitrogens with zero attached hydrogens (tertiary/aromatic N) is 2. The monoisotopic (exact) mass is 358 g/mol. The van der Waals surface area contributed by atoms with Gasteiger partial charge in [-0.2, -0.15) is 0 Å². The lowest BCUT2D eigenvalue weighted by Gasteiger charge is -2.19. The molecule has 2 rings (SSSR count). The fraction of sp³-hybridized carbons (Fsp3) is 0.0588. The number of rotatable bonds is 5. The average molecular weight is 358 g/mol. The Morgan fingerprint density at radius 3 is 2.33 bits per heavy atom. The molecule has 24 heavy (non-hydrogen) atoms. The zero-order chi connectivity index (χ0) is 17.5. The number of non-ortho nitro benzene ring substituents is 1. The first-order valence-electron chi connectivity index (χ1n) is 6.92. The van der Waals surface area contributed by atoms with Gasteiger partial charge in [-0.3, -0.25) is 14.9 Å². The highest BCUT2D eigenvalue weighted by atomic mass is 32.2. The molecule has 2 aromatic carbocycles. The maximum Gasteiger partial charge on any atom is 0.269 e. The lowest BCUT2D eigenvalue weighted by Crippen LogP contribution is -2.20. The first-order chi connectivity index (χ1) is 11.5. The van der Waals surface area contributed by atoms with Crippen LogP contribution >= 0.6 is 24.0 Å². The quantitative estimate of drug-likeness (QED) is 0.259. The third kappa shape index (κ3) is 4.50. The van der Waals surface area contributed by atoms with Crippen molar-refractivity contribution in [2.75, 3.05) is 11.2 Å². The first-order valence-corrected chi connectivity index (χ1v) is 8.55. The molecule has 0 atom stereocenters. The molecule has 2 aromatic rings. The van der Waals surface area contributed by atoms with E-state index in [9.17, 15) is 14.9 Å². The van der Waals surface area contributed by atoms with Crippen molar-refractivity contribution >= 4 is 45.5 Å². The van der Waals surface area contributed by atoms with Crippen LogP contribution in [0.15, 0.2) is 66.9 Å². The number of nitro groups is 1. The standard InChI is InChI=1S/C17H14N2O3S2/c1-24-17(23)18(14-5-3-2-4-6-14)12-11-16(20)13-7-9-15(10-8-13)19(21)22/h2-12H,1H3/b12-11+. The van der Waals surface area contributed by atoms with Gasteiger partial charge in [-0.05, 0) is 30.5 Å². The van der Waals surface area contributed by atoms with Crippen LogP contribution in [-0.4, -0.2) is 21.3 Å². The van der Waals surface area contributed by atoms with Crippen LogP contribution < -0.4 is 4.90 Å². The number of thiocarbonyl (C=S) groups is 1. The zero-order valence-electron chi connectivity index (χ0n) is 12.8. The molecule has 0 aliphatic heterocycles. The normalized spacial score (nSPS) is 10.5. The van der Waals surface area contributed by atoms with Gasteiger partial charge in [0.05, 0.1) is 4.92 Å². The second kappa shape index (κ2) is 8.37. The summed E-state index contributed by atoms with van der Waals surface area (Å²) in [6.07, 6.45) is 4.87. The van der Waals surface area contributed by atoms with Gasteiger partial charge in [0.2, 0.25) is 0 Å². The third-order valence-corrected chi connectivity index (χ3v) is 4.39. The molecular weight excluding hydrogens is 344 g/mol. The van der Waals surface area contributed by atoms with Crippen molar-refractivity contribution in [2.24, 2.45) is 0 Å². The number of carbonyl (C=O) groups excluding carboxylic acids is 1. The summed E-state index contributed by atoms with van der Waals surface area (Å²) in [5, 5.41) is 10.6. The number of anilines is 1. The van der Waals surface area contributed by atoms with Gasteiger partial charge in [0.25, 0.3) is 5.69 Å². The molecule has 0 unspecified atom stereocenters. The Kier molecular flexibility index (Phi) is 6.22. The molecule has 0 saturated heterocycles. The molecule has 0 heterocycles. The van der Waals surface area contributed by atoms with Crippen LogP contribution in [0.1, 0.15) is 10.4 Å². The van der Waals surface area contributed by atoms with E-state index in [-0.39, 0.29) is 11.5 Å². The number of allylic oxidation sites excluding steroid dienone is 1.